The number of hydrogen-bond acceptors (Lipinski definition) is 2. The van der Waals surface area contributed by atoms with Crippen LogP contribution in [0, 0.1) is 17.1 Å². The van der Waals surface area contributed by atoms with E-state index in [-0.39, 0.29) is 10.6 Å². The summed E-state index contributed by atoms with van der Waals surface area (Å²) in [5.74, 6) is -0.685. The highest BCUT2D eigenvalue weighted by Crippen LogP contribution is 2.36. The van der Waals surface area contributed by atoms with Gasteiger partial charge in [0.05, 0.1) is 15.7 Å². The average molecular weight is 259 g/mol. The number of halogens is 3. The Kier molecular flexibility index (Phi) is 3.22. The highest BCUT2D eigenvalue weighted by molar-refractivity contribution is 6.36. The van der Waals surface area contributed by atoms with Crippen LogP contribution in [-0.4, -0.2) is 13.1 Å². The summed E-state index contributed by atoms with van der Waals surface area (Å²) >= 11 is 11.7. The van der Waals surface area contributed by atoms with E-state index >= 15 is 0 Å². The largest absolute Gasteiger partial charge is 0.369 e. The van der Waals surface area contributed by atoms with E-state index in [1.807, 2.05) is 11.0 Å². The fourth-order valence-electron chi connectivity index (χ4n) is 1.94. The molecule has 84 valence electrons. The maximum Gasteiger partial charge on any atom is 0.161 e. The molecule has 1 aromatic rings. The van der Waals surface area contributed by atoms with E-state index in [2.05, 4.69) is 0 Å². The van der Waals surface area contributed by atoms with E-state index in [0.717, 1.165) is 25.9 Å². The molecule has 2 nitrogen and oxygen atoms in total. The van der Waals surface area contributed by atoms with Gasteiger partial charge in [-0.3, -0.25) is 0 Å². The van der Waals surface area contributed by atoms with Crippen LogP contribution in [0.15, 0.2) is 6.07 Å². The third kappa shape index (κ3) is 1.83. The third-order valence-electron chi connectivity index (χ3n) is 2.68. The Morgan fingerprint density at radius 3 is 2.44 bits per heavy atom. The van der Waals surface area contributed by atoms with Crippen molar-refractivity contribution < 1.29 is 4.39 Å². The summed E-state index contributed by atoms with van der Waals surface area (Å²) in [6.45, 7) is 1.60. The quantitative estimate of drug-likeness (QED) is 0.720. The Morgan fingerprint density at radius 1 is 1.25 bits per heavy atom. The van der Waals surface area contributed by atoms with Crippen molar-refractivity contribution in [2.45, 2.75) is 12.8 Å². The number of rotatable bonds is 1. The maximum absolute atomic E-state index is 13.7. The highest BCUT2D eigenvalue weighted by Gasteiger charge is 2.23. The first kappa shape index (κ1) is 11.5. The first-order chi connectivity index (χ1) is 7.65. The van der Waals surface area contributed by atoms with Crippen LogP contribution in [0.4, 0.5) is 10.1 Å². The van der Waals surface area contributed by atoms with E-state index in [4.69, 9.17) is 28.5 Å². The Hall–Kier alpha value is -0.980. The molecule has 0 saturated carbocycles. The predicted molar refractivity (Wildman–Crippen MR) is 62.6 cm³/mol. The summed E-state index contributed by atoms with van der Waals surface area (Å²) in [5.41, 5.74) is 0.419. The van der Waals surface area contributed by atoms with Gasteiger partial charge in [0.2, 0.25) is 0 Å². The van der Waals surface area contributed by atoms with Crippen LogP contribution in [0.3, 0.4) is 0 Å². The lowest BCUT2D eigenvalue weighted by molar-refractivity contribution is 0.623. The van der Waals surface area contributed by atoms with Crippen molar-refractivity contribution in [3.63, 3.8) is 0 Å². The molecule has 5 heteroatoms. The molecule has 1 heterocycles. The molecule has 0 bridgehead atoms. The summed E-state index contributed by atoms with van der Waals surface area (Å²) in [7, 11) is 0. The van der Waals surface area contributed by atoms with E-state index in [1.165, 1.54) is 6.07 Å². The molecule has 0 amide bonds. The Morgan fingerprint density at radius 2 is 1.88 bits per heavy atom. The van der Waals surface area contributed by atoms with Gasteiger partial charge in [0.25, 0.3) is 0 Å². The molecule has 0 unspecified atom stereocenters. The van der Waals surface area contributed by atoms with E-state index < -0.39 is 5.82 Å². The van der Waals surface area contributed by atoms with Gasteiger partial charge in [-0.25, -0.2) is 4.39 Å². The van der Waals surface area contributed by atoms with Crippen molar-refractivity contribution in [2.24, 2.45) is 0 Å². The molecule has 1 aliphatic heterocycles. The first-order valence-corrected chi connectivity index (χ1v) is 5.73. The van der Waals surface area contributed by atoms with Gasteiger partial charge in [0, 0.05) is 13.1 Å². The van der Waals surface area contributed by atoms with Crippen molar-refractivity contribution in [3.8, 4) is 6.07 Å². The van der Waals surface area contributed by atoms with Crippen LogP contribution in [0.5, 0.6) is 0 Å². The summed E-state index contributed by atoms with van der Waals surface area (Å²) in [4.78, 5) is 1.93. The highest BCUT2D eigenvalue weighted by atomic mass is 35.5. The van der Waals surface area contributed by atoms with Gasteiger partial charge in [0.15, 0.2) is 5.82 Å². The average Bonchev–Trinajstić information content (AvgIpc) is 2.76. The van der Waals surface area contributed by atoms with Gasteiger partial charge in [0.1, 0.15) is 11.6 Å². The second kappa shape index (κ2) is 4.48. The SMILES string of the molecule is N#Cc1c(F)c(Cl)cc(Cl)c1N1CCCC1. The third-order valence-corrected chi connectivity index (χ3v) is 3.24. The van der Waals surface area contributed by atoms with Gasteiger partial charge in [-0.1, -0.05) is 23.2 Å². The molecule has 0 radical (unpaired) electrons. The molecule has 0 aliphatic carbocycles. The molecular weight excluding hydrogens is 250 g/mol. The second-order valence-electron chi connectivity index (χ2n) is 3.68. The number of nitriles is 1. The number of anilines is 1. The summed E-state index contributed by atoms with van der Waals surface area (Å²) in [6.07, 6.45) is 2.07. The molecule has 0 spiro atoms. The molecular formula is C11H9Cl2FN2. The molecule has 1 aliphatic rings. The van der Waals surface area contributed by atoms with Crippen LogP contribution in [0.1, 0.15) is 18.4 Å². The van der Waals surface area contributed by atoms with Crippen molar-refractivity contribution in [1.29, 1.82) is 5.26 Å². The smallest absolute Gasteiger partial charge is 0.161 e. The van der Waals surface area contributed by atoms with E-state index in [1.54, 1.807) is 0 Å². The van der Waals surface area contributed by atoms with Gasteiger partial charge in [-0.15, -0.1) is 0 Å². The van der Waals surface area contributed by atoms with Crippen molar-refractivity contribution in [2.75, 3.05) is 18.0 Å². The zero-order valence-corrected chi connectivity index (χ0v) is 9.95. The first-order valence-electron chi connectivity index (χ1n) is 4.97. The predicted octanol–water partition coefficient (Wildman–Crippen LogP) is 3.60. The Labute approximate surface area is 103 Å². The number of benzene rings is 1. The number of hydrogen-bond donors (Lipinski definition) is 0. The van der Waals surface area contributed by atoms with Gasteiger partial charge >= 0.3 is 0 Å². The summed E-state index contributed by atoms with van der Waals surface area (Å²) < 4.78 is 13.7. The van der Waals surface area contributed by atoms with Crippen LogP contribution < -0.4 is 4.90 Å². The minimum atomic E-state index is -0.685. The van der Waals surface area contributed by atoms with Gasteiger partial charge < -0.3 is 4.90 Å². The van der Waals surface area contributed by atoms with Crippen molar-refractivity contribution >= 4 is 28.9 Å². The zero-order chi connectivity index (χ0) is 11.7. The number of nitrogens with zero attached hydrogens (tertiary/aromatic N) is 2. The lowest BCUT2D eigenvalue weighted by atomic mass is 10.1. The maximum atomic E-state index is 13.7. The molecule has 1 fully saturated rings. The standard InChI is InChI=1S/C11H9Cl2FN2/c12-8-5-9(13)11(7(6-15)10(8)14)16-3-1-2-4-16/h5H,1-4H2. The van der Waals surface area contributed by atoms with E-state index in [0.29, 0.717) is 10.7 Å². The van der Waals surface area contributed by atoms with E-state index in [9.17, 15) is 4.39 Å². The van der Waals surface area contributed by atoms with Crippen LogP contribution >= 0.6 is 23.2 Å². The Bertz CT molecular complexity index is 462. The van der Waals surface area contributed by atoms with Gasteiger partial charge in [-0.05, 0) is 18.9 Å². The fraction of sp³-hybridized carbons (Fsp3) is 0.364. The minimum absolute atomic E-state index is 0.0561. The Balaban J connectivity index is 2.59. The summed E-state index contributed by atoms with van der Waals surface area (Å²) in [6, 6.07) is 3.19. The monoisotopic (exact) mass is 258 g/mol. The van der Waals surface area contributed by atoms with Crippen LogP contribution in [0.2, 0.25) is 10.0 Å². The lowest BCUT2D eigenvalue weighted by Crippen LogP contribution is -2.20. The van der Waals surface area contributed by atoms with Crippen LogP contribution in [0.25, 0.3) is 0 Å². The van der Waals surface area contributed by atoms with Gasteiger partial charge in [-0.2, -0.15) is 5.26 Å². The lowest BCUT2D eigenvalue weighted by Gasteiger charge is -2.21. The van der Waals surface area contributed by atoms with Crippen molar-refractivity contribution in [3.05, 3.63) is 27.5 Å². The minimum Gasteiger partial charge on any atom is -0.369 e. The summed E-state index contributed by atoms with van der Waals surface area (Å²) in [5, 5.41) is 9.21. The molecule has 0 N–H and O–H groups in total. The fourth-order valence-corrected chi connectivity index (χ4v) is 2.52. The molecule has 0 atom stereocenters. The topological polar surface area (TPSA) is 27.0 Å². The molecule has 1 aromatic carbocycles. The molecule has 2 rings (SSSR count). The molecule has 1 saturated heterocycles. The van der Waals surface area contributed by atoms with Crippen molar-refractivity contribution in [1.82, 2.24) is 0 Å². The molecule has 16 heavy (non-hydrogen) atoms. The molecule has 0 aromatic heterocycles. The van der Waals surface area contributed by atoms with Crippen LogP contribution in [-0.2, 0) is 0 Å². The zero-order valence-electron chi connectivity index (χ0n) is 8.43. The normalized spacial score (nSPS) is 15.2. The second-order valence-corrected chi connectivity index (χ2v) is 4.50.